The van der Waals surface area contributed by atoms with Crippen molar-refractivity contribution >= 4 is 22.5 Å². The number of ether oxygens (including phenoxy) is 1. The third-order valence-electron chi connectivity index (χ3n) is 5.30. The number of hydrogen-bond donors (Lipinski definition) is 1. The summed E-state index contributed by atoms with van der Waals surface area (Å²) in [5.74, 6) is 1.13. The summed E-state index contributed by atoms with van der Waals surface area (Å²) >= 11 is 0. The molecule has 0 aliphatic carbocycles. The van der Waals surface area contributed by atoms with Crippen molar-refractivity contribution in [3.05, 3.63) is 69.5 Å². The van der Waals surface area contributed by atoms with Gasteiger partial charge in [0.05, 0.1) is 13.7 Å². The lowest BCUT2D eigenvalue weighted by Gasteiger charge is -2.11. The van der Waals surface area contributed by atoms with Crippen molar-refractivity contribution < 1.29 is 13.9 Å². The van der Waals surface area contributed by atoms with Crippen LogP contribution in [0.4, 0.5) is 0 Å². The molecule has 0 fully saturated rings. The molecule has 1 N–H and O–H groups in total. The lowest BCUT2D eigenvalue weighted by molar-refractivity contribution is -0.121. The third kappa shape index (κ3) is 3.52. The highest BCUT2D eigenvalue weighted by Gasteiger charge is 2.16. The molecule has 0 atom stereocenters. The summed E-state index contributed by atoms with van der Waals surface area (Å²) < 4.78 is 12.7. The van der Waals surface area contributed by atoms with Crippen LogP contribution in [-0.4, -0.2) is 27.6 Å². The molecule has 0 unspecified atom stereocenters. The van der Waals surface area contributed by atoms with Gasteiger partial charge in [0.1, 0.15) is 11.3 Å². The lowest BCUT2D eigenvalue weighted by Crippen LogP contribution is -2.25. The van der Waals surface area contributed by atoms with Gasteiger partial charge >= 0.3 is 5.63 Å². The van der Waals surface area contributed by atoms with Crippen LogP contribution in [-0.2, 0) is 17.8 Å². The Hall–Kier alpha value is -3.68. The SMILES string of the molecule is COc1ccc2c(C)c(CCC(=O)NCc3nnc4ccccn34)c(=O)oc2c1C. The Balaban J connectivity index is 1.48. The minimum Gasteiger partial charge on any atom is -0.496 e. The molecule has 8 heteroatoms. The second-order valence-electron chi connectivity index (χ2n) is 7.08. The van der Waals surface area contributed by atoms with Gasteiger partial charge in [0.15, 0.2) is 11.5 Å². The Bertz CT molecular complexity index is 1310. The minimum atomic E-state index is -0.424. The normalized spacial score (nSPS) is 11.2. The van der Waals surface area contributed by atoms with E-state index < -0.39 is 5.63 Å². The summed E-state index contributed by atoms with van der Waals surface area (Å²) in [4.78, 5) is 24.9. The maximum Gasteiger partial charge on any atom is 0.339 e. The van der Waals surface area contributed by atoms with E-state index in [9.17, 15) is 9.59 Å². The Morgan fingerprint density at radius 2 is 2.00 bits per heavy atom. The number of methoxy groups -OCH3 is 1. The molecule has 4 rings (SSSR count). The maximum absolute atomic E-state index is 12.5. The first kappa shape index (κ1) is 19.6. The van der Waals surface area contributed by atoms with Gasteiger partial charge in [-0.1, -0.05) is 6.07 Å². The number of carbonyl (C=O) groups is 1. The van der Waals surface area contributed by atoms with Gasteiger partial charge in [-0.25, -0.2) is 4.79 Å². The molecule has 30 heavy (non-hydrogen) atoms. The largest absolute Gasteiger partial charge is 0.496 e. The first-order valence-corrected chi connectivity index (χ1v) is 9.65. The fourth-order valence-electron chi connectivity index (χ4n) is 3.60. The number of hydrogen-bond acceptors (Lipinski definition) is 6. The molecule has 0 spiro atoms. The van der Waals surface area contributed by atoms with E-state index in [0.29, 0.717) is 29.1 Å². The van der Waals surface area contributed by atoms with E-state index in [0.717, 1.165) is 22.2 Å². The van der Waals surface area contributed by atoms with Crippen LogP contribution in [0, 0.1) is 13.8 Å². The highest BCUT2D eigenvalue weighted by atomic mass is 16.5. The zero-order valence-electron chi connectivity index (χ0n) is 17.1. The first-order valence-electron chi connectivity index (χ1n) is 9.65. The van der Waals surface area contributed by atoms with Crippen LogP contribution in [0.1, 0.15) is 28.9 Å². The lowest BCUT2D eigenvalue weighted by atomic mass is 10.0. The van der Waals surface area contributed by atoms with Crippen LogP contribution < -0.4 is 15.7 Å². The summed E-state index contributed by atoms with van der Waals surface area (Å²) in [6, 6.07) is 9.32. The average Bonchev–Trinajstić information content (AvgIpc) is 3.16. The van der Waals surface area contributed by atoms with E-state index in [4.69, 9.17) is 9.15 Å². The van der Waals surface area contributed by atoms with E-state index in [2.05, 4.69) is 15.5 Å². The molecule has 1 amide bonds. The number of aryl methyl sites for hydroxylation is 2. The predicted molar refractivity (Wildman–Crippen MR) is 112 cm³/mol. The summed E-state index contributed by atoms with van der Waals surface area (Å²) in [5.41, 5.74) is 2.92. The summed E-state index contributed by atoms with van der Waals surface area (Å²) in [6.07, 6.45) is 2.31. The van der Waals surface area contributed by atoms with Crippen molar-refractivity contribution in [1.29, 1.82) is 0 Å². The quantitative estimate of drug-likeness (QED) is 0.495. The second kappa shape index (κ2) is 7.98. The van der Waals surface area contributed by atoms with E-state index in [1.165, 1.54) is 0 Å². The number of carbonyl (C=O) groups excluding carboxylic acids is 1. The molecule has 154 valence electrons. The van der Waals surface area contributed by atoms with Crippen LogP contribution in [0.15, 0.2) is 45.7 Å². The Labute approximate surface area is 172 Å². The highest BCUT2D eigenvalue weighted by molar-refractivity contribution is 5.85. The van der Waals surface area contributed by atoms with Gasteiger partial charge in [-0.05, 0) is 50.1 Å². The third-order valence-corrected chi connectivity index (χ3v) is 5.30. The summed E-state index contributed by atoms with van der Waals surface area (Å²) in [5, 5.41) is 11.8. The Kier molecular flexibility index (Phi) is 5.22. The number of nitrogens with zero attached hydrogens (tertiary/aromatic N) is 3. The molecular formula is C22H22N4O4. The molecule has 0 saturated carbocycles. The van der Waals surface area contributed by atoms with Crippen molar-refractivity contribution in [3.63, 3.8) is 0 Å². The van der Waals surface area contributed by atoms with Gasteiger partial charge in [-0.3, -0.25) is 9.20 Å². The molecule has 0 radical (unpaired) electrons. The maximum atomic E-state index is 12.5. The molecule has 0 bridgehead atoms. The summed E-state index contributed by atoms with van der Waals surface area (Å²) in [7, 11) is 1.58. The standard InChI is InChI=1S/C22H22N4O4/c1-13-15-7-9-17(29-3)14(2)21(15)30-22(28)16(13)8-10-20(27)23-12-19-25-24-18-6-4-5-11-26(18)19/h4-7,9,11H,8,10,12H2,1-3H3,(H,23,27). The first-order chi connectivity index (χ1) is 14.5. The number of benzene rings is 1. The number of fused-ring (bicyclic) bond motifs is 2. The van der Waals surface area contributed by atoms with E-state index in [1.807, 2.05) is 54.8 Å². The average molecular weight is 406 g/mol. The van der Waals surface area contributed by atoms with Gasteiger partial charge < -0.3 is 14.5 Å². The molecule has 0 aliphatic rings. The van der Waals surface area contributed by atoms with E-state index in [-0.39, 0.29) is 18.9 Å². The fraction of sp³-hybridized carbons (Fsp3) is 0.273. The van der Waals surface area contributed by atoms with Crippen molar-refractivity contribution in [2.75, 3.05) is 7.11 Å². The number of rotatable bonds is 6. The Morgan fingerprint density at radius 1 is 1.17 bits per heavy atom. The van der Waals surface area contributed by atoms with Crippen molar-refractivity contribution in [1.82, 2.24) is 19.9 Å². The van der Waals surface area contributed by atoms with Crippen LogP contribution in [0.3, 0.4) is 0 Å². The molecule has 3 aromatic heterocycles. The van der Waals surface area contributed by atoms with Gasteiger partial charge in [-0.15, -0.1) is 10.2 Å². The molecule has 8 nitrogen and oxygen atoms in total. The number of aromatic nitrogens is 3. The van der Waals surface area contributed by atoms with Gasteiger partial charge in [0, 0.05) is 29.1 Å². The van der Waals surface area contributed by atoms with Crippen LogP contribution >= 0.6 is 0 Å². The smallest absolute Gasteiger partial charge is 0.339 e. The molecule has 3 heterocycles. The van der Waals surface area contributed by atoms with Crippen LogP contribution in [0.25, 0.3) is 16.6 Å². The molecule has 4 aromatic rings. The highest BCUT2D eigenvalue weighted by Crippen LogP contribution is 2.29. The van der Waals surface area contributed by atoms with E-state index in [1.54, 1.807) is 7.11 Å². The zero-order valence-corrected chi connectivity index (χ0v) is 17.1. The molecule has 0 saturated heterocycles. The summed E-state index contributed by atoms with van der Waals surface area (Å²) in [6.45, 7) is 3.99. The molecule has 1 aromatic carbocycles. The minimum absolute atomic E-state index is 0.170. The second-order valence-corrected chi connectivity index (χ2v) is 7.08. The van der Waals surface area contributed by atoms with Crippen LogP contribution in [0.5, 0.6) is 5.75 Å². The number of pyridine rings is 1. The van der Waals surface area contributed by atoms with Crippen molar-refractivity contribution in [2.45, 2.75) is 33.2 Å². The topological polar surface area (TPSA) is 98.7 Å². The zero-order chi connectivity index (χ0) is 21.3. The van der Waals surface area contributed by atoms with Gasteiger partial charge in [0.2, 0.25) is 5.91 Å². The molecular weight excluding hydrogens is 384 g/mol. The fourth-order valence-corrected chi connectivity index (χ4v) is 3.60. The van der Waals surface area contributed by atoms with Crippen LogP contribution in [0.2, 0.25) is 0 Å². The predicted octanol–water partition coefficient (Wildman–Crippen LogP) is 2.71. The number of nitrogens with one attached hydrogen (secondary N) is 1. The monoisotopic (exact) mass is 406 g/mol. The van der Waals surface area contributed by atoms with Gasteiger partial charge in [-0.2, -0.15) is 0 Å². The Morgan fingerprint density at radius 3 is 2.80 bits per heavy atom. The van der Waals surface area contributed by atoms with Crippen molar-refractivity contribution in [3.8, 4) is 5.75 Å². The number of amides is 1. The molecule has 0 aliphatic heterocycles. The van der Waals surface area contributed by atoms with Gasteiger partial charge in [0.25, 0.3) is 0 Å². The van der Waals surface area contributed by atoms with Crippen molar-refractivity contribution in [2.24, 2.45) is 0 Å². The van der Waals surface area contributed by atoms with E-state index >= 15 is 0 Å².